The second-order valence-electron chi connectivity index (χ2n) is 5.34. The van der Waals surface area contributed by atoms with Crippen LogP contribution in [0.15, 0.2) is 16.5 Å². The van der Waals surface area contributed by atoms with Crippen molar-refractivity contribution in [1.82, 2.24) is 0 Å². The van der Waals surface area contributed by atoms with Crippen LogP contribution in [0.4, 0.5) is 13.2 Å². The average Bonchev–Trinajstić information content (AvgIpc) is 2.75. The van der Waals surface area contributed by atoms with Crippen LogP contribution in [0.1, 0.15) is 12.7 Å². The normalized spacial score (nSPS) is 15.8. The third-order valence-electron chi connectivity index (χ3n) is 2.68. The van der Waals surface area contributed by atoms with E-state index in [2.05, 4.69) is 4.74 Å². The van der Waals surface area contributed by atoms with Crippen molar-refractivity contribution in [3.05, 3.63) is 17.9 Å². The summed E-state index contributed by atoms with van der Waals surface area (Å²) in [4.78, 5) is 11.5. The monoisotopic (exact) mass is 310 g/mol. The molecule has 0 spiro atoms. The topological polar surface area (TPSA) is 59.7 Å². The molecule has 0 aromatic carbocycles. The van der Waals surface area contributed by atoms with Crippen molar-refractivity contribution in [2.24, 2.45) is 0 Å². The molecule has 0 amide bonds. The minimum absolute atomic E-state index is 0.279. The zero-order chi connectivity index (χ0) is 15.8. The van der Waals surface area contributed by atoms with Crippen molar-refractivity contribution in [1.29, 1.82) is 0 Å². The molecule has 0 fully saturated rings. The van der Waals surface area contributed by atoms with Gasteiger partial charge in [0.25, 0.3) is 0 Å². The van der Waals surface area contributed by atoms with Gasteiger partial charge in [-0.1, -0.05) is 19.6 Å². The predicted molar refractivity (Wildman–Crippen MR) is 68.3 cm³/mol. The first-order valence-electron chi connectivity index (χ1n) is 6.01. The van der Waals surface area contributed by atoms with E-state index in [-0.39, 0.29) is 6.61 Å². The largest absolute Gasteiger partial charge is 0.467 e. The van der Waals surface area contributed by atoms with Gasteiger partial charge in [-0.25, -0.2) is 4.79 Å². The van der Waals surface area contributed by atoms with Crippen molar-refractivity contribution in [2.45, 2.75) is 38.3 Å². The second-order valence-corrected chi connectivity index (χ2v) is 10.3. The van der Waals surface area contributed by atoms with Gasteiger partial charge >= 0.3 is 17.7 Å². The van der Waals surface area contributed by atoms with E-state index in [0.29, 0.717) is 5.38 Å². The minimum Gasteiger partial charge on any atom is -0.467 e. The van der Waals surface area contributed by atoms with Gasteiger partial charge in [-0.05, 0) is 19.1 Å². The molecule has 114 valence electrons. The predicted octanol–water partition coefficient (Wildman–Crippen LogP) is 2.14. The van der Waals surface area contributed by atoms with Gasteiger partial charge in [0.2, 0.25) is 0 Å². The van der Waals surface area contributed by atoms with Crippen molar-refractivity contribution >= 4 is 19.4 Å². The van der Waals surface area contributed by atoms with Crippen LogP contribution in [0, 0.1) is 0 Å². The van der Waals surface area contributed by atoms with E-state index in [1.807, 2.05) is 19.6 Å². The van der Waals surface area contributed by atoms with Crippen LogP contribution in [-0.2, 0) is 15.1 Å². The number of furan rings is 1. The maximum Gasteiger partial charge on any atom is 0.435 e. The molecule has 1 rings (SSSR count). The molecule has 1 aromatic rings. The summed E-state index contributed by atoms with van der Waals surface area (Å²) in [5.74, 6) is -2.65. The Morgan fingerprint density at radius 2 is 1.90 bits per heavy atom. The highest BCUT2D eigenvalue weighted by atomic mass is 28.3. The van der Waals surface area contributed by atoms with Crippen molar-refractivity contribution < 1.29 is 32.2 Å². The van der Waals surface area contributed by atoms with Crippen molar-refractivity contribution in [2.75, 3.05) is 6.61 Å². The van der Waals surface area contributed by atoms with Gasteiger partial charge in [-0.2, -0.15) is 13.2 Å². The molecule has 0 aliphatic heterocycles. The van der Waals surface area contributed by atoms with Gasteiger partial charge in [-0.3, -0.25) is 0 Å². The van der Waals surface area contributed by atoms with E-state index < -0.39 is 31.6 Å². The van der Waals surface area contributed by atoms with Crippen LogP contribution in [-0.4, -0.2) is 31.9 Å². The van der Waals surface area contributed by atoms with Crippen LogP contribution in [0.25, 0.3) is 0 Å². The zero-order valence-electron chi connectivity index (χ0n) is 11.7. The Morgan fingerprint density at radius 1 is 1.35 bits per heavy atom. The number of carbonyl (C=O) groups is 1. The number of hydrogen-bond acceptors (Lipinski definition) is 4. The maximum atomic E-state index is 13.1. The molecule has 0 unspecified atom stereocenters. The van der Waals surface area contributed by atoms with E-state index in [4.69, 9.17) is 4.42 Å². The fourth-order valence-corrected chi connectivity index (χ4v) is 2.53. The third kappa shape index (κ3) is 2.90. The van der Waals surface area contributed by atoms with E-state index in [1.165, 1.54) is 13.0 Å². The molecule has 0 saturated heterocycles. The number of aliphatic hydroxyl groups is 1. The molecule has 0 aliphatic rings. The lowest BCUT2D eigenvalue weighted by Gasteiger charge is -2.26. The van der Waals surface area contributed by atoms with E-state index in [1.54, 1.807) is 0 Å². The molecule has 0 saturated carbocycles. The van der Waals surface area contributed by atoms with E-state index in [0.717, 1.165) is 6.07 Å². The van der Waals surface area contributed by atoms with Crippen LogP contribution >= 0.6 is 0 Å². The first-order valence-corrected chi connectivity index (χ1v) is 9.51. The molecule has 1 N–H and O–H groups in total. The molecule has 0 radical (unpaired) electrons. The fourth-order valence-electron chi connectivity index (χ4n) is 1.53. The molecular weight excluding hydrogens is 293 g/mol. The Hall–Kier alpha value is -1.28. The van der Waals surface area contributed by atoms with Gasteiger partial charge in [-0.15, -0.1) is 0 Å². The molecule has 8 heteroatoms. The molecule has 20 heavy (non-hydrogen) atoms. The molecule has 0 aliphatic carbocycles. The zero-order valence-corrected chi connectivity index (χ0v) is 12.7. The highest BCUT2D eigenvalue weighted by Crippen LogP contribution is 2.40. The number of esters is 1. The first kappa shape index (κ1) is 16.8. The van der Waals surface area contributed by atoms with Gasteiger partial charge in [0.15, 0.2) is 5.76 Å². The van der Waals surface area contributed by atoms with Crippen LogP contribution in [0.2, 0.25) is 19.6 Å². The van der Waals surface area contributed by atoms with Crippen LogP contribution in [0.5, 0.6) is 0 Å². The Labute approximate surface area is 115 Å². The van der Waals surface area contributed by atoms with Crippen molar-refractivity contribution in [3.8, 4) is 0 Å². The smallest absolute Gasteiger partial charge is 0.435 e. The van der Waals surface area contributed by atoms with Gasteiger partial charge in [0, 0.05) is 0 Å². The summed E-state index contributed by atoms with van der Waals surface area (Å²) in [7, 11) is -2.00. The number of ether oxygens (including phenoxy) is 1. The SMILES string of the molecule is CCOC(=O)[C@](O)(c1ccc([Si](C)(C)C)o1)C(F)(F)F. The highest BCUT2D eigenvalue weighted by Gasteiger charge is 2.64. The van der Waals surface area contributed by atoms with Crippen LogP contribution < -0.4 is 5.38 Å². The quantitative estimate of drug-likeness (QED) is 0.684. The summed E-state index contributed by atoms with van der Waals surface area (Å²) in [6, 6.07) is 2.33. The summed E-state index contributed by atoms with van der Waals surface area (Å²) < 4.78 is 48.6. The number of hydrogen-bond donors (Lipinski definition) is 1. The number of halogens is 3. The lowest BCUT2D eigenvalue weighted by atomic mass is 10.0. The Kier molecular flexibility index (Phi) is 4.40. The lowest BCUT2D eigenvalue weighted by molar-refractivity contribution is -0.272. The van der Waals surface area contributed by atoms with E-state index in [9.17, 15) is 23.1 Å². The van der Waals surface area contributed by atoms with Gasteiger partial charge in [0.05, 0.1) is 12.0 Å². The second kappa shape index (κ2) is 5.25. The molecular formula is C12H17F3O4Si. The Balaban J connectivity index is 3.33. The molecule has 0 bridgehead atoms. The summed E-state index contributed by atoms with van der Waals surface area (Å²) in [6.45, 7) is 6.68. The summed E-state index contributed by atoms with van der Waals surface area (Å²) >= 11 is 0. The molecule has 1 aromatic heterocycles. The third-order valence-corrected chi connectivity index (χ3v) is 4.43. The highest BCUT2D eigenvalue weighted by molar-refractivity contribution is 6.87. The summed E-state index contributed by atoms with van der Waals surface area (Å²) in [5, 5.41) is 10.2. The Bertz CT molecular complexity index is 490. The molecule has 1 atom stereocenters. The average molecular weight is 310 g/mol. The maximum absolute atomic E-state index is 13.1. The fraction of sp³-hybridized carbons (Fsp3) is 0.583. The van der Waals surface area contributed by atoms with E-state index >= 15 is 0 Å². The van der Waals surface area contributed by atoms with Crippen molar-refractivity contribution in [3.63, 3.8) is 0 Å². The van der Waals surface area contributed by atoms with Gasteiger partial charge < -0.3 is 14.3 Å². The number of carbonyl (C=O) groups excluding carboxylic acids is 1. The lowest BCUT2D eigenvalue weighted by Crippen LogP contribution is -2.50. The first-order chi connectivity index (χ1) is 8.94. The standard InChI is InChI=1S/C12H17F3O4Si/c1-5-18-10(16)11(17,12(13,14)15)8-6-7-9(19-8)20(2,3)4/h6-7,17H,5H2,1-4H3/t11-/m1/s1. The molecule has 4 nitrogen and oxygen atoms in total. The Morgan fingerprint density at radius 3 is 2.25 bits per heavy atom. The number of rotatable bonds is 4. The van der Waals surface area contributed by atoms with Crippen LogP contribution in [0.3, 0.4) is 0 Å². The number of alkyl halides is 3. The summed E-state index contributed by atoms with van der Waals surface area (Å²) in [6.07, 6.45) is -5.23. The van der Waals surface area contributed by atoms with Gasteiger partial charge in [0.1, 0.15) is 8.07 Å². The molecule has 1 heterocycles. The minimum atomic E-state index is -5.23. The summed E-state index contributed by atoms with van der Waals surface area (Å²) in [5.41, 5.74) is -3.78.